The zero-order chi connectivity index (χ0) is 24.4. The fraction of sp³-hybridized carbons (Fsp3) is 0.192. The van der Waals surface area contributed by atoms with E-state index in [9.17, 15) is 4.79 Å². The predicted molar refractivity (Wildman–Crippen MR) is 141 cm³/mol. The van der Waals surface area contributed by atoms with Crippen LogP contribution in [0.4, 0.5) is 11.6 Å². The lowest BCUT2D eigenvalue weighted by molar-refractivity contribution is -0.113. The Morgan fingerprint density at radius 2 is 2.03 bits per heavy atom. The number of thiophene rings is 1. The van der Waals surface area contributed by atoms with Crippen molar-refractivity contribution in [2.75, 3.05) is 17.7 Å². The molecule has 178 valence electrons. The average molecular weight is 504 g/mol. The summed E-state index contributed by atoms with van der Waals surface area (Å²) >= 11 is 3.17. The molecule has 1 atom stereocenters. The molecule has 0 unspecified atom stereocenters. The fourth-order valence-electron chi connectivity index (χ4n) is 4.08. The van der Waals surface area contributed by atoms with Gasteiger partial charge in [-0.25, -0.2) is 4.68 Å². The predicted octanol–water partition coefficient (Wildman–Crippen LogP) is 5.88. The Morgan fingerprint density at radius 3 is 2.80 bits per heavy atom. The van der Waals surface area contributed by atoms with Crippen LogP contribution in [0.3, 0.4) is 0 Å². The fourth-order valence-corrected chi connectivity index (χ4v) is 5.67. The number of amides is 1. The van der Waals surface area contributed by atoms with E-state index in [-0.39, 0.29) is 11.9 Å². The number of ether oxygens (including phenoxy) is 1. The minimum atomic E-state index is -0.387. The van der Waals surface area contributed by atoms with Crippen LogP contribution in [0.5, 0.6) is 5.75 Å². The number of para-hydroxylation sites is 2. The monoisotopic (exact) mass is 503 g/mol. The van der Waals surface area contributed by atoms with E-state index in [2.05, 4.69) is 41.8 Å². The molecule has 7 nitrogen and oxygen atoms in total. The van der Waals surface area contributed by atoms with Gasteiger partial charge in [0.2, 0.25) is 11.1 Å². The molecule has 0 saturated heterocycles. The highest BCUT2D eigenvalue weighted by atomic mass is 32.2. The number of nitrogens with zero attached hydrogens (tertiary/aromatic N) is 3. The number of allylic oxidation sites excluding steroid dienone is 1. The van der Waals surface area contributed by atoms with Crippen LogP contribution in [0.25, 0.3) is 0 Å². The number of anilines is 2. The van der Waals surface area contributed by atoms with Gasteiger partial charge in [0.25, 0.3) is 5.91 Å². The van der Waals surface area contributed by atoms with Gasteiger partial charge in [-0.3, -0.25) is 4.79 Å². The summed E-state index contributed by atoms with van der Waals surface area (Å²) in [5.74, 6) is 1.78. The van der Waals surface area contributed by atoms with Crippen molar-refractivity contribution in [2.24, 2.45) is 0 Å². The van der Waals surface area contributed by atoms with Crippen LogP contribution in [0.1, 0.15) is 29.0 Å². The third-order valence-electron chi connectivity index (χ3n) is 5.70. The van der Waals surface area contributed by atoms with Crippen LogP contribution in [-0.2, 0) is 10.5 Å². The van der Waals surface area contributed by atoms with E-state index >= 15 is 0 Å². The van der Waals surface area contributed by atoms with Crippen molar-refractivity contribution in [3.05, 3.63) is 93.3 Å². The molecule has 35 heavy (non-hydrogen) atoms. The Kier molecular flexibility index (Phi) is 6.61. The molecule has 3 heterocycles. The molecule has 2 aromatic heterocycles. The molecule has 4 aromatic rings. The lowest BCUT2D eigenvalue weighted by Gasteiger charge is -2.27. The van der Waals surface area contributed by atoms with Crippen LogP contribution >= 0.6 is 23.1 Å². The smallest absolute Gasteiger partial charge is 0.256 e. The van der Waals surface area contributed by atoms with Crippen molar-refractivity contribution >= 4 is 40.6 Å². The van der Waals surface area contributed by atoms with E-state index in [0.717, 1.165) is 16.3 Å². The maximum Gasteiger partial charge on any atom is 0.256 e. The minimum Gasteiger partial charge on any atom is -0.495 e. The highest BCUT2D eigenvalue weighted by Crippen LogP contribution is 2.39. The number of rotatable bonds is 7. The van der Waals surface area contributed by atoms with Gasteiger partial charge in [-0.2, -0.15) is 4.98 Å². The van der Waals surface area contributed by atoms with Gasteiger partial charge in [-0.15, -0.1) is 16.4 Å². The number of fused-ring (bicyclic) bond motifs is 1. The quantitative estimate of drug-likeness (QED) is 0.307. The lowest BCUT2D eigenvalue weighted by atomic mass is 10.0. The first kappa shape index (κ1) is 23.2. The number of carbonyl (C=O) groups excluding carboxylic acids is 1. The molecule has 0 saturated carbocycles. The molecule has 0 spiro atoms. The standard InChI is InChI=1S/C26H25N5O2S2/c1-16-8-6-9-18(14-16)15-35-26-29-25-27-17(2)22(23(31(25)30-26)21-12-7-13-34-21)24(32)28-19-10-4-5-11-20(19)33-3/h4-14,23H,15H2,1-3H3,(H,28,32)(H,27,29,30)/t23-/m1/s1. The summed E-state index contributed by atoms with van der Waals surface area (Å²) < 4.78 is 7.23. The Balaban J connectivity index is 1.45. The molecular formula is C26H25N5O2S2. The molecule has 2 N–H and O–H groups in total. The second kappa shape index (κ2) is 9.97. The largest absolute Gasteiger partial charge is 0.495 e. The summed E-state index contributed by atoms with van der Waals surface area (Å²) in [4.78, 5) is 19.3. The zero-order valence-electron chi connectivity index (χ0n) is 19.6. The first-order valence-corrected chi connectivity index (χ1v) is 13.0. The molecule has 1 aliphatic rings. The summed E-state index contributed by atoms with van der Waals surface area (Å²) in [6.07, 6.45) is 0. The topological polar surface area (TPSA) is 81.1 Å². The SMILES string of the molecule is COc1ccccc1NC(=O)C1=C(C)Nc2nc(SCc3cccc(C)c3)nn2[C@@H]1c1cccs1. The zero-order valence-corrected chi connectivity index (χ0v) is 21.2. The summed E-state index contributed by atoms with van der Waals surface area (Å²) in [5.41, 5.74) is 4.39. The van der Waals surface area contributed by atoms with E-state index in [0.29, 0.717) is 28.1 Å². The van der Waals surface area contributed by atoms with E-state index in [1.165, 1.54) is 11.1 Å². The Bertz CT molecular complexity index is 1390. The van der Waals surface area contributed by atoms with Crippen molar-refractivity contribution in [3.8, 4) is 5.75 Å². The van der Waals surface area contributed by atoms with Crippen LogP contribution in [-0.4, -0.2) is 27.8 Å². The first-order chi connectivity index (χ1) is 17.0. The second-order valence-corrected chi connectivity index (χ2v) is 10.1. The highest BCUT2D eigenvalue weighted by Gasteiger charge is 2.35. The number of carbonyl (C=O) groups is 1. The van der Waals surface area contributed by atoms with Crippen LogP contribution in [0, 0.1) is 6.92 Å². The van der Waals surface area contributed by atoms with Crippen LogP contribution in [0.2, 0.25) is 0 Å². The molecular weight excluding hydrogens is 478 g/mol. The molecule has 1 aliphatic heterocycles. The van der Waals surface area contributed by atoms with Crippen LogP contribution < -0.4 is 15.4 Å². The van der Waals surface area contributed by atoms with Gasteiger partial charge in [-0.1, -0.05) is 59.8 Å². The third kappa shape index (κ3) is 4.82. The number of aryl methyl sites for hydroxylation is 1. The molecule has 5 rings (SSSR count). The number of nitrogens with one attached hydrogen (secondary N) is 2. The number of hydrogen-bond donors (Lipinski definition) is 2. The number of methoxy groups -OCH3 is 1. The molecule has 1 amide bonds. The maximum absolute atomic E-state index is 13.6. The third-order valence-corrected chi connectivity index (χ3v) is 7.53. The van der Waals surface area contributed by atoms with Gasteiger partial charge < -0.3 is 15.4 Å². The molecule has 2 aromatic carbocycles. The second-order valence-electron chi connectivity index (χ2n) is 8.18. The number of hydrogen-bond acceptors (Lipinski definition) is 7. The number of aromatic nitrogens is 3. The Hall–Kier alpha value is -3.56. The van der Waals surface area contributed by atoms with Crippen molar-refractivity contribution in [3.63, 3.8) is 0 Å². The van der Waals surface area contributed by atoms with Gasteiger partial charge in [-0.05, 0) is 43.0 Å². The summed E-state index contributed by atoms with van der Waals surface area (Å²) in [7, 11) is 1.59. The molecule has 9 heteroatoms. The number of thioether (sulfide) groups is 1. The minimum absolute atomic E-state index is 0.215. The summed E-state index contributed by atoms with van der Waals surface area (Å²) in [5, 5.41) is 13.8. The summed E-state index contributed by atoms with van der Waals surface area (Å²) in [6.45, 7) is 3.98. The van der Waals surface area contributed by atoms with Crippen molar-refractivity contribution in [2.45, 2.75) is 30.8 Å². The highest BCUT2D eigenvalue weighted by molar-refractivity contribution is 7.98. The van der Waals surface area contributed by atoms with Gasteiger partial charge in [0, 0.05) is 16.3 Å². The average Bonchev–Trinajstić information content (AvgIpc) is 3.52. The van der Waals surface area contributed by atoms with Gasteiger partial charge in [0.05, 0.1) is 18.4 Å². The van der Waals surface area contributed by atoms with Crippen molar-refractivity contribution in [1.29, 1.82) is 0 Å². The maximum atomic E-state index is 13.6. The summed E-state index contributed by atoms with van der Waals surface area (Å²) in [6, 6.07) is 19.4. The van der Waals surface area contributed by atoms with E-state index in [1.54, 1.807) is 30.2 Å². The molecule has 0 aliphatic carbocycles. The molecule has 0 fully saturated rings. The number of benzene rings is 2. The van der Waals surface area contributed by atoms with E-state index in [1.807, 2.05) is 53.4 Å². The Morgan fingerprint density at radius 1 is 1.17 bits per heavy atom. The van der Waals surface area contributed by atoms with E-state index < -0.39 is 0 Å². The molecule has 0 bridgehead atoms. The Labute approximate surface area is 212 Å². The van der Waals surface area contributed by atoms with Gasteiger partial charge >= 0.3 is 0 Å². The lowest BCUT2D eigenvalue weighted by Crippen LogP contribution is -2.31. The van der Waals surface area contributed by atoms with E-state index in [4.69, 9.17) is 14.8 Å². The van der Waals surface area contributed by atoms with Crippen LogP contribution in [0.15, 0.2) is 82.5 Å². The van der Waals surface area contributed by atoms with Crippen molar-refractivity contribution < 1.29 is 9.53 Å². The van der Waals surface area contributed by atoms with Crippen molar-refractivity contribution in [1.82, 2.24) is 14.8 Å². The van der Waals surface area contributed by atoms with Gasteiger partial charge in [0.15, 0.2) is 0 Å². The first-order valence-electron chi connectivity index (χ1n) is 11.1. The van der Waals surface area contributed by atoms with Gasteiger partial charge in [0.1, 0.15) is 11.8 Å². The molecule has 0 radical (unpaired) electrons. The normalized spacial score (nSPS) is 14.9.